The van der Waals surface area contributed by atoms with Gasteiger partial charge in [0.2, 0.25) is 4.80 Å². The molecule has 1 heterocycles. The van der Waals surface area contributed by atoms with Crippen LogP contribution in [0.3, 0.4) is 0 Å². The Hall–Kier alpha value is -2.88. The van der Waals surface area contributed by atoms with Crippen molar-refractivity contribution in [2.45, 2.75) is 6.36 Å². The van der Waals surface area contributed by atoms with Gasteiger partial charge in [-0.15, -0.1) is 18.3 Å². The van der Waals surface area contributed by atoms with Gasteiger partial charge in [-0.3, -0.25) is 4.79 Å². The third-order valence-electron chi connectivity index (χ3n) is 3.37. The lowest BCUT2D eigenvalue weighted by molar-refractivity contribution is -0.274. The molecule has 26 heavy (non-hydrogen) atoms. The number of halogens is 4. The number of nitrogens with zero attached hydrogens (tertiary/aromatic N) is 2. The summed E-state index contributed by atoms with van der Waals surface area (Å²) in [5.74, 6) is -1.34. The van der Waals surface area contributed by atoms with Crippen LogP contribution in [0.2, 0.25) is 0 Å². The predicted molar refractivity (Wildman–Crippen MR) is 86.9 cm³/mol. The summed E-state index contributed by atoms with van der Waals surface area (Å²) in [6, 6.07) is 8.83. The van der Waals surface area contributed by atoms with Crippen molar-refractivity contribution in [1.29, 1.82) is 0 Å². The monoisotopic (exact) mass is 385 g/mol. The van der Waals surface area contributed by atoms with Crippen molar-refractivity contribution in [1.82, 2.24) is 9.99 Å². The lowest BCUT2D eigenvalue weighted by atomic mass is 10.2. The number of thiazole rings is 1. The quantitative estimate of drug-likeness (QED) is 0.554. The molecule has 1 amide bonds. The number of alkyl halides is 3. The molecular weight excluding hydrogens is 374 g/mol. The Morgan fingerprint density at radius 1 is 1.19 bits per heavy atom. The van der Waals surface area contributed by atoms with Gasteiger partial charge >= 0.3 is 6.36 Å². The summed E-state index contributed by atoms with van der Waals surface area (Å²) >= 11 is 1.08. The molecule has 1 N–H and O–H groups in total. The van der Waals surface area contributed by atoms with Gasteiger partial charge in [-0.2, -0.15) is 0 Å². The standard InChI is InChI=1S/C16H11F4N3O2S/c1-23-12-7-6-11(25-16(18,19)20)8-13(12)26-15(23)22-21-14(24)9-2-4-10(17)5-3-9/h2-8H,1H3,(H,21,24)/b22-15+. The van der Waals surface area contributed by atoms with Crippen LogP contribution in [0.25, 0.3) is 10.2 Å². The number of aromatic nitrogens is 1. The second-order valence-corrected chi connectivity index (χ2v) is 6.19. The van der Waals surface area contributed by atoms with Crippen LogP contribution in [0.5, 0.6) is 5.75 Å². The summed E-state index contributed by atoms with van der Waals surface area (Å²) in [4.78, 5) is 12.4. The number of hydrogen-bond donors (Lipinski definition) is 1. The Labute approximate surface area is 148 Å². The van der Waals surface area contributed by atoms with E-state index in [4.69, 9.17) is 0 Å². The van der Waals surface area contributed by atoms with Gasteiger partial charge in [0.05, 0.1) is 10.2 Å². The van der Waals surface area contributed by atoms with Crippen molar-refractivity contribution in [3.63, 3.8) is 0 Å². The van der Waals surface area contributed by atoms with E-state index in [2.05, 4.69) is 15.3 Å². The Morgan fingerprint density at radius 3 is 2.54 bits per heavy atom. The zero-order valence-corrected chi connectivity index (χ0v) is 14.0. The molecule has 10 heteroatoms. The van der Waals surface area contributed by atoms with E-state index in [1.54, 1.807) is 11.6 Å². The summed E-state index contributed by atoms with van der Waals surface area (Å²) in [6.45, 7) is 0. The first-order valence-electron chi connectivity index (χ1n) is 7.18. The number of amides is 1. The molecule has 2 aromatic carbocycles. The van der Waals surface area contributed by atoms with Crippen LogP contribution in [0, 0.1) is 5.82 Å². The number of aryl methyl sites for hydroxylation is 1. The lowest BCUT2D eigenvalue weighted by Crippen LogP contribution is -2.23. The van der Waals surface area contributed by atoms with E-state index in [0.29, 0.717) is 15.0 Å². The van der Waals surface area contributed by atoms with Crippen LogP contribution in [0.1, 0.15) is 10.4 Å². The number of carbonyl (C=O) groups excluding carboxylic acids is 1. The second-order valence-electron chi connectivity index (χ2n) is 5.18. The Bertz CT molecular complexity index is 1020. The fraction of sp³-hybridized carbons (Fsp3) is 0.125. The summed E-state index contributed by atoms with van der Waals surface area (Å²) in [7, 11) is 1.66. The topological polar surface area (TPSA) is 55.6 Å². The number of benzene rings is 2. The van der Waals surface area contributed by atoms with E-state index in [0.717, 1.165) is 23.5 Å². The average Bonchev–Trinajstić information content (AvgIpc) is 2.87. The third-order valence-corrected chi connectivity index (χ3v) is 4.47. The minimum atomic E-state index is -4.77. The predicted octanol–water partition coefficient (Wildman–Crippen LogP) is 3.52. The molecule has 0 aliphatic heterocycles. The molecular formula is C16H11F4N3O2S. The first kappa shape index (κ1) is 17.9. The number of nitrogens with one attached hydrogen (secondary N) is 1. The molecule has 0 unspecified atom stereocenters. The van der Waals surface area contributed by atoms with E-state index in [-0.39, 0.29) is 11.3 Å². The van der Waals surface area contributed by atoms with Crippen LogP contribution in [-0.4, -0.2) is 16.8 Å². The minimum absolute atomic E-state index is 0.222. The molecule has 0 bridgehead atoms. The Morgan fingerprint density at radius 2 is 1.88 bits per heavy atom. The van der Waals surface area contributed by atoms with Gasteiger partial charge in [0.1, 0.15) is 11.6 Å². The average molecular weight is 385 g/mol. The highest BCUT2D eigenvalue weighted by atomic mass is 32.1. The Balaban J connectivity index is 1.87. The lowest BCUT2D eigenvalue weighted by Gasteiger charge is -2.08. The molecule has 5 nitrogen and oxygen atoms in total. The molecule has 0 spiro atoms. The second kappa shape index (κ2) is 6.79. The van der Waals surface area contributed by atoms with Crippen molar-refractivity contribution >= 4 is 27.5 Å². The van der Waals surface area contributed by atoms with Crippen molar-refractivity contribution in [3.8, 4) is 5.75 Å². The maximum absolute atomic E-state index is 12.9. The van der Waals surface area contributed by atoms with E-state index in [9.17, 15) is 22.4 Å². The first-order chi connectivity index (χ1) is 12.2. The van der Waals surface area contributed by atoms with E-state index in [1.165, 1.54) is 30.3 Å². The molecule has 0 atom stereocenters. The van der Waals surface area contributed by atoms with E-state index >= 15 is 0 Å². The number of fused-ring (bicyclic) bond motifs is 1. The van der Waals surface area contributed by atoms with Gasteiger partial charge in [-0.1, -0.05) is 11.3 Å². The van der Waals surface area contributed by atoms with Crippen LogP contribution in [0.15, 0.2) is 47.6 Å². The largest absolute Gasteiger partial charge is 0.573 e. The van der Waals surface area contributed by atoms with E-state index < -0.39 is 18.1 Å². The van der Waals surface area contributed by atoms with Crippen LogP contribution >= 0.6 is 11.3 Å². The van der Waals surface area contributed by atoms with Gasteiger partial charge in [0, 0.05) is 12.6 Å². The number of hydrogen-bond acceptors (Lipinski definition) is 4. The van der Waals surface area contributed by atoms with Crippen molar-refractivity contribution < 1.29 is 27.1 Å². The zero-order chi connectivity index (χ0) is 18.9. The molecule has 136 valence electrons. The van der Waals surface area contributed by atoms with Crippen molar-refractivity contribution in [2.75, 3.05) is 0 Å². The van der Waals surface area contributed by atoms with Crippen LogP contribution in [0.4, 0.5) is 17.6 Å². The molecule has 3 aromatic rings. The highest BCUT2D eigenvalue weighted by molar-refractivity contribution is 7.16. The first-order valence-corrected chi connectivity index (χ1v) is 7.99. The number of ether oxygens (including phenoxy) is 1. The normalized spacial score (nSPS) is 12.4. The molecule has 0 fully saturated rings. The van der Waals surface area contributed by atoms with Crippen LogP contribution < -0.4 is 15.0 Å². The number of carbonyl (C=O) groups is 1. The smallest absolute Gasteiger partial charge is 0.406 e. The fourth-order valence-corrected chi connectivity index (χ4v) is 3.19. The van der Waals surface area contributed by atoms with Gasteiger partial charge in [0.15, 0.2) is 0 Å². The Kier molecular flexibility index (Phi) is 4.68. The van der Waals surface area contributed by atoms with Crippen LogP contribution in [-0.2, 0) is 7.05 Å². The maximum atomic E-state index is 12.9. The van der Waals surface area contributed by atoms with Gasteiger partial charge in [0.25, 0.3) is 5.91 Å². The molecule has 0 aliphatic rings. The summed E-state index contributed by atoms with van der Waals surface area (Å²) in [6.07, 6.45) is -4.77. The highest BCUT2D eigenvalue weighted by Crippen LogP contribution is 2.27. The zero-order valence-electron chi connectivity index (χ0n) is 13.2. The fourth-order valence-electron chi connectivity index (χ4n) is 2.18. The van der Waals surface area contributed by atoms with Gasteiger partial charge < -0.3 is 9.30 Å². The summed E-state index contributed by atoms with van der Waals surface area (Å²) < 4.78 is 55.8. The molecule has 3 rings (SSSR count). The minimum Gasteiger partial charge on any atom is -0.406 e. The highest BCUT2D eigenvalue weighted by Gasteiger charge is 2.31. The van der Waals surface area contributed by atoms with E-state index in [1.807, 2.05) is 0 Å². The SMILES string of the molecule is Cn1/c(=N\NC(=O)c2ccc(F)cc2)sc2cc(OC(F)(F)F)ccc21. The summed E-state index contributed by atoms with van der Waals surface area (Å²) in [5.41, 5.74) is 3.18. The molecule has 1 aromatic heterocycles. The molecule has 0 radical (unpaired) electrons. The van der Waals surface area contributed by atoms with Gasteiger partial charge in [-0.05, 0) is 42.5 Å². The van der Waals surface area contributed by atoms with Crippen molar-refractivity contribution in [3.05, 3.63) is 58.6 Å². The maximum Gasteiger partial charge on any atom is 0.573 e. The number of rotatable bonds is 3. The van der Waals surface area contributed by atoms with Crippen molar-refractivity contribution in [2.24, 2.45) is 12.1 Å². The third kappa shape index (κ3) is 4.02. The summed E-state index contributed by atoms with van der Waals surface area (Å²) in [5, 5.41) is 3.97. The molecule has 0 aliphatic carbocycles. The molecule has 0 saturated heterocycles. The van der Waals surface area contributed by atoms with Gasteiger partial charge in [-0.25, -0.2) is 9.82 Å². The molecule has 0 saturated carbocycles.